The van der Waals surface area contributed by atoms with Crippen LogP contribution in [-0.4, -0.2) is 40.8 Å². The molecule has 0 spiro atoms. The molecule has 180 valence electrons. The molecule has 1 atom stereocenters. The number of benzene rings is 2. The van der Waals surface area contributed by atoms with Crippen LogP contribution in [0.2, 0.25) is 0 Å². The number of alkyl halides is 4. The van der Waals surface area contributed by atoms with Gasteiger partial charge in [-0.15, -0.1) is 0 Å². The summed E-state index contributed by atoms with van der Waals surface area (Å²) in [4.78, 5) is 13.2. The molecule has 1 N–H and O–H groups in total. The van der Waals surface area contributed by atoms with Gasteiger partial charge >= 0.3 is 12.1 Å². The molecule has 2 aromatic rings. The minimum atomic E-state index is -4.71. The van der Waals surface area contributed by atoms with Gasteiger partial charge in [0.15, 0.2) is 0 Å². The molecular formula is C22H24F4N2O4S. The van der Waals surface area contributed by atoms with Gasteiger partial charge in [0, 0.05) is 13.1 Å². The van der Waals surface area contributed by atoms with E-state index in [0.717, 1.165) is 25.3 Å². The van der Waals surface area contributed by atoms with E-state index in [-0.39, 0.29) is 28.4 Å². The number of hydrogen-bond donors (Lipinski definition) is 1. The molecule has 11 heteroatoms. The van der Waals surface area contributed by atoms with Crippen molar-refractivity contribution in [2.24, 2.45) is 0 Å². The Morgan fingerprint density at radius 3 is 2.55 bits per heavy atom. The van der Waals surface area contributed by atoms with Crippen LogP contribution in [0.3, 0.4) is 0 Å². The van der Waals surface area contributed by atoms with E-state index in [4.69, 9.17) is 0 Å². The summed E-state index contributed by atoms with van der Waals surface area (Å²) in [7, 11) is -3.26. The Morgan fingerprint density at radius 1 is 1.21 bits per heavy atom. The van der Waals surface area contributed by atoms with Crippen LogP contribution in [0, 0.1) is 0 Å². The summed E-state index contributed by atoms with van der Waals surface area (Å²) in [5.41, 5.74) is -0.863. The zero-order valence-corrected chi connectivity index (χ0v) is 18.9. The Morgan fingerprint density at radius 2 is 1.94 bits per heavy atom. The zero-order valence-electron chi connectivity index (χ0n) is 18.1. The van der Waals surface area contributed by atoms with Crippen LogP contribution >= 0.6 is 0 Å². The maximum Gasteiger partial charge on any atom is 0.416 e. The second kappa shape index (κ2) is 9.58. The standard InChI is InChI=1S/C22H24F4N2O4S/c1-3-14-6-7-15(21(29)32-2)11-20(14)33(30,31)27-18-12-16(22(24,25)26)8-9-19(18)28-10-4-5-17(23)13-28/h6-9,11-12,17,27H,3-5,10,13H2,1-2H3. The Balaban J connectivity index is 2.09. The van der Waals surface area contributed by atoms with Crippen LogP contribution in [-0.2, 0) is 27.4 Å². The fraction of sp³-hybridized carbons (Fsp3) is 0.409. The molecule has 1 saturated heterocycles. The van der Waals surface area contributed by atoms with Gasteiger partial charge in [0.1, 0.15) is 6.17 Å². The molecule has 0 saturated carbocycles. The molecular weight excluding hydrogens is 464 g/mol. The Kier molecular flexibility index (Phi) is 7.20. The predicted molar refractivity (Wildman–Crippen MR) is 116 cm³/mol. The van der Waals surface area contributed by atoms with Crippen molar-refractivity contribution in [3.8, 4) is 0 Å². The topological polar surface area (TPSA) is 75.7 Å². The van der Waals surface area contributed by atoms with Gasteiger partial charge in [-0.1, -0.05) is 13.0 Å². The third-order valence-corrected chi connectivity index (χ3v) is 6.88. The molecule has 0 radical (unpaired) electrons. The van der Waals surface area contributed by atoms with E-state index in [2.05, 4.69) is 9.46 Å². The number of aryl methyl sites for hydroxylation is 1. The highest BCUT2D eigenvalue weighted by atomic mass is 32.2. The van der Waals surface area contributed by atoms with E-state index < -0.39 is 33.9 Å². The summed E-state index contributed by atoms with van der Waals surface area (Å²) in [5.74, 6) is -0.754. The first-order valence-electron chi connectivity index (χ1n) is 10.3. The number of piperidine rings is 1. The van der Waals surface area contributed by atoms with Gasteiger partial charge in [-0.2, -0.15) is 13.2 Å². The van der Waals surface area contributed by atoms with Crippen molar-refractivity contribution in [1.29, 1.82) is 0 Å². The summed E-state index contributed by atoms with van der Waals surface area (Å²) in [6, 6.07) is 6.67. The molecule has 1 unspecified atom stereocenters. The fourth-order valence-corrected chi connectivity index (χ4v) is 5.16. The molecule has 2 aromatic carbocycles. The van der Waals surface area contributed by atoms with Gasteiger partial charge < -0.3 is 9.64 Å². The number of ether oxygens (including phenoxy) is 1. The number of carbonyl (C=O) groups is 1. The van der Waals surface area contributed by atoms with Gasteiger partial charge in [0.2, 0.25) is 0 Å². The van der Waals surface area contributed by atoms with Crippen LogP contribution in [0.1, 0.15) is 41.3 Å². The lowest BCUT2D eigenvalue weighted by atomic mass is 10.1. The minimum absolute atomic E-state index is 0.0179. The van der Waals surface area contributed by atoms with E-state index in [1.54, 1.807) is 6.92 Å². The number of rotatable bonds is 6. The predicted octanol–water partition coefficient (Wildman–Crippen LogP) is 4.79. The van der Waals surface area contributed by atoms with Crippen molar-refractivity contribution in [2.75, 3.05) is 29.8 Å². The quantitative estimate of drug-likeness (QED) is 0.467. The summed E-state index contributed by atoms with van der Waals surface area (Å²) >= 11 is 0. The molecule has 6 nitrogen and oxygen atoms in total. The van der Waals surface area contributed by atoms with Crippen LogP contribution < -0.4 is 9.62 Å². The number of hydrogen-bond acceptors (Lipinski definition) is 5. The van der Waals surface area contributed by atoms with E-state index in [0.29, 0.717) is 37.4 Å². The fourth-order valence-electron chi connectivity index (χ4n) is 3.76. The normalized spacial score (nSPS) is 17.0. The number of nitrogens with zero attached hydrogens (tertiary/aromatic N) is 1. The Labute approximate surface area is 189 Å². The number of anilines is 2. The van der Waals surface area contributed by atoms with E-state index >= 15 is 0 Å². The van der Waals surface area contributed by atoms with Crippen LogP contribution in [0.4, 0.5) is 28.9 Å². The molecule has 0 amide bonds. The molecule has 1 aliphatic rings. The third-order valence-electron chi connectivity index (χ3n) is 5.43. The largest absolute Gasteiger partial charge is 0.465 e. The van der Waals surface area contributed by atoms with Crippen LogP contribution in [0.25, 0.3) is 0 Å². The highest BCUT2D eigenvalue weighted by molar-refractivity contribution is 7.92. The van der Waals surface area contributed by atoms with E-state index in [9.17, 15) is 30.8 Å². The molecule has 1 heterocycles. The number of esters is 1. The summed E-state index contributed by atoms with van der Waals surface area (Å²) in [6.07, 6.45) is -4.77. The van der Waals surface area contributed by atoms with Gasteiger partial charge in [0.05, 0.1) is 34.5 Å². The van der Waals surface area contributed by atoms with Gasteiger partial charge in [-0.05, 0) is 55.2 Å². The van der Waals surface area contributed by atoms with Crippen LogP contribution in [0.5, 0.6) is 0 Å². The van der Waals surface area contributed by atoms with Crippen molar-refractivity contribution >= 4 is 27.4 Å². The third kappa shape index (κ3) is 5.58. The molecule has 3 rings (SSSR count). The molecule has 33 heavy (non-hydrogen) atoms. The monoisotopic (exact) mass is 488 g/mol. The highest BCUT2D eigenvalue weighted by Crippen LogP contribution is 2.37. The molecule has 0 aromatic heterocycles. The maximum absolute atomic E-state index is 14.0. The summed E-state index contributed by atoms with van der Waals surface area (Å²) in [5, 5.41) is 0. The Bertz CT molecular complexity index is 1140. The number of carbonyl (C=O) groups excluding carboxylic acids is 1. The summed E-state index contributed by atoms with van der Waals surface area (Å²) < 4.78 is 87.5. The number of methoxy groups -OCH3 is 1. The average Bonchev–Trinajstić information content (AvgIpc) is 2.77. The minimum Gasteiger partial charge on any atom is -0.465 e. The van der Waals surface area contributed by atoms with Crippen LogP contribution in [0.15, 0.2) is 41.3 Å². The lowest BCUT2D eigenvalue weighted by Gasteiger charge is -2.32. The Hall–Kier alpha value is -2.82. The second-order valence-electron chi connectivity index (χ2n) is 7.69. The van der Waals surface area contributed by atoms with E-state index in [1.165, 1.54) is 17.0 Å². The van der Waals surface area contributed by atoms with Gasteiger partial charge in [-0.25, -0.2) is 17.6 Å². The SMILES string of the molecule is CCc1ccc(C(=O)OC)cc1S(=O)(=O)Nc1cc(C(F)(F)F)ccc1N1CCCC(F)C1. The summed E-state index contributed by atoms with van der Waals surface area (Å²) in [6.45, 7) is 2.02. The average molecular weight is 489 g/mol. The smallest absolute Gasteiger partial charge is 0.416 e. The zero-order chi connectivity index (χ0) is 24.4. The molecule has 1 aliphatic heterocycles. The van der Waals surface area contributed by atoms with Crippen molar-refractivity contribution in [2.45, 2.75) is 43.4 Å². The number of sulfonamides is 1. The molecule has 0 aliphatic carbocycles. The molecule has 0 bridgehead atoms. The second-order valence-corrected chi connectivity index (χ2v) is 9.34. The first kappa shape index (κ1) is 24.8. The lowest BCUT2D eigenvalue weighted by molar-refractivity contribution is -0.137. The maximum atomic E-state index is 14.0. The van der Waals surface area contributed by atoms with Crippen molar-refractivity contribution in [1.82, 2.24) is 0 Å². The van der Waals surface area contributed by atoms with Gasteiger partial charge in [0.25, 0.3) is 10.0 Å². The van der Waals surface area contributed by atoms with Gasteiger partial charge in [-0.3, -0.25) is 4.72 Å². The lowest BCUT2D eigenvalue weighted by Crippen LogP contribution is -2.37. The van der Waals surface area contributed by atoms with Crippen molar-refractivity contribution in [3.63, 3.8) is 0 Å². The highest BCUT2D eigenvalue weighted by Gasteiger charge is 2.33. The van der Waals surface area contributed by atoms with Crippen molar-refractivity contribution < 1.29 is 35.5 Å². The number of nitrogens with one attached hydrogen (secondary N) is 1. The molecule has 1 fully saturated rings. The first-order chi connectivity index (χ1) is 15.5. The van der Waals surface area contributed by atoms with Crippen molar-refractivity contribution in [3.05, 3.63) is 53.1 Å². The van der Waals surface area contributed by atoms with E-state index in [1.807, 2.05) is 0 Å². The first-order valence-corrected chi connectivity index (χ1v) is 11.8. The number of halogens is 4.